The molecule has 12 heteroatoms. The fraction of sp³-hybridized carbons (Fsp3) is 0.375. The number of pyridine rings is 2. The van der Waals surface area contributed by atoms with E-state index in [1.165, 1.54) is 23.5 Å². The molecule has 1 aromatic carbocycles. The van der Waals surface area contributed by atoms with Crippen LogP contribution in [-0.4, -0.2) is 84.2 Å². The van der Waals surface area contributed by atoms with E-state index < -0.39 is 5.82 Å². The maximum atomic E-state index is 14.9. The predicted octanol–water partition coefficient (Wildman–Crippen LogP) is 5.76. The number of likely N-dealkylation sites (N-methyl/N-ethyl adjacent to an activating group) is 1. The molecule has 0 radical (unpaired) electrons. The van der Waals surface area contributed by atoms with Gasteiger partial charge in [-0.05, 0) is 63.1 Å². The lowest BCUT2D eigenvalue weighted by Crippen LogP contribution is -2.46. The molecule has 0 spiro atoms. The monoisotopic (exact) mass is 618 g/mol. The van der Waals surface area contributed by atoms with Gasteiger partial charge in [-0.1, -0.05) is 0 Å². The average Bonchev–Trinajstić information content (AvgIpc) is 3.74. The second-order valence-electron chi connectivity index (χ2n) is 11.2. The SMILES string of the molecule is COCCN(C)C1CCN(C(=O)c2ccc(-c3cc4nccc(Oc5ccc(NC(=O)NC6CC6)cc5F)c4s3)nc2)CC1. The first-order valence-electron chi connectivity index (χ1n) is 14.8. The Morgan fingerprint density at radius 3 is 2.59 bits per heavy atom. The second kappa shape index (κ2) is 13.2. The Balaban J connectivity index is 1.10. The van der Waals surface area contributed by atoms with Crippen molar-refractivity contribution in [3.8, 4) is 22.1 Å². The van der Waals surface area contributed by atoms with Crippen LogP contribution in [0.5, 0.6) is 11.5 Å². The van der Waals surface area contributed by atoms with Gasteiger partial charge in [0.05, 0.1) is 33.0 Å². The number of thiophene rings is 1. The number of carbonyl (C=O) groups is 2. The van der Waals surface area contributed by atoms with Gasteiger partial charge in [-0.3, -0.25) is 14.8 Å². The summed E-state index contributed by atoms with van der Waals surface area (Å²) in [6.45, 7) is 3.00. The van der Waals surface area contributed by atoms with Crippen LogP contribution in [-0.2, 0) is 4.74 Å². The van der Waals surface area contributed by atoms with Crippen molar-refractivity contribution in [2.45, 2.75) is 37.8 Å². The molecule has 2 N–H and O–H groups in total. The van der Waals surface area contributed by atoms with Gasteiger partial charge in [-0.2, -0.15) is 0 Å². The van der Waals surface area contributed by atoms with Crippen LogP contribution in [0.1, 0.15) is 36.0 Å². The Morgan fingerprint density at radius 1 is 1.07 bits per heavy atom. The van der Waals surface area contributed by atoms with Gasteiger partial charge >= 0.3 is 6.03 Å². The molecular formula is C32H35FN6O4S. The van der Waals surface area contributed by atoms with Gasteiger partial charge in [-0.25, -0.2) is 9.18 Å². The van der Waals surface area contributed by atoms with Gasteiger partial charge in [0.1, 0.15) is 5.75 Å². The third-order valence-corrected chi connectivity index (χ3v) is 9.15. The maximum absolute atomic E-state index is 14.9. The summed E-state index contributed by atoms with van der Waals surface area (Å²) in [7, 11) is 3.81. The number of carbonyl (C=O) groups excluding carboxylic acids is 2. The number of nitrogens with zero attached hydrogens (tertiary/aromatic N) is 4. The van der Waals surface area contributed by atoms with E-state index >= 15 is 0 Å². The minimum atomic E-state index is -0.597. The van der Waals surface area contributed by atoms with Gasteiger partial charge in [0.15, 0.2) is 11.6 Å². The molecule has 4 heterocycles. The topological polar surface area (TPSA) is 109 Å². The molecule has 0 atom stereocenters. The molecular weight excluding hydrogens is 583 g/mol. The molecule has 6 rings (SSSR count). The van der Waals surface area contributed by atoms with Crippen LogP contribution in [0.4, 0.5) is 14.9 Å². The van der Waals surface area contributed by atoms with Gasteiger partial charge < -0.3 is 29.9 Å². The number of amides is 3. The van der Waals surface area contributed by atoms with Crippen molar-refractivity contribution >= 4 is 39.2 Å². The van der Waals surface area contributed by atoms with Crippen LogP contribution in [0.3, 0.4) is 0 Å². The van der Waals surface area contributed by atoms with Crippen LogP contribution in [0.2, 0.25) is 0 Å². The first-order valence-corrected chi connectivity index (χ1v) is 15.6. The van der Waals surface area contributed by atoms with Crippen LogP contribution < -0.4 is 15.4 Å². The molecule has 0 unspecified atom stereocenters. The molecule has 1 aliphatic carbocycles. The fourth-order valence-electron chi connectivity index (χ4n) is 5.26. The van der Waals surface area contributed by atoms with Crippen molar-refractivity contribution in [1.82, 2.24) is 25.1 Å². The molecule has 1 saturated heterocycles. The summed E-state index contributed by atoms with van der Waals surface area (Å²) in [4.78, 5) is 39.3. The van der Waals surface area contributed by atoms with Crippen molar-refractivity contribution in [2.75, 3.05) is 45.7 Å². The summed E-state index contributed by atoms with van der Waals surface area (Å²) in [6.07, 6.45) is 7.03. The number of nitrogens with one attached hydrogen (secondary N) is 2. The van der Waals surface area contributed by atoms with Gasteiger partial charge in [0, 0.05) is 69.0 Å². The highest BCUT2D eigenvalue weighted by Gasteiger charge is 2.26. The van der Waals surface area contributed by atoms with E-state index in [2.05, 4.69) is 32.5 Å². The zero-order valence-corrected chi connectivity index (χ0v) is 25.5. The van der Waals surface area contributed by atoms with E-state index in [1.54, 1.807) is 31.6 Å². The summed E-state index contributed by atoms with van der Waals surface area (Å²) in [6, 6.07) is 11.9. The van der Waals surface area contributed by atoms with Crippen molar-refractivity contribution in [3.63, 3.8) is 0 Å². The Kier molecular flexibility index (Phi) is 9.01. The summed E-state index contributed by atoms with van der Waals surface area (Å²) in [5, 5.41) is 5.46. The molecule has 10 nitrogen and oxygen atoms in total. The minimum Gasteiger partial charge on any atom is -0.453 e. The minimum absolute atomic E-state index is 0.0115. The standard InChI is InChI=1S/C32H35FN6O4S/c1-38(15-16-42-2)23-10-13-39(14-11-23)31(40)20-3-7-25(35-19-20)29-18-26-30(44-29)28(9-12-34-26)43-27-8-6-22(17-24(27)33)37-32(41)36-21-4-5-21/h3,6-9,12,17-19,21,23H,4-5,10-11,13-16H2,1-2H3,(H2,36,37,41). The molecule has 44 heavy (non-hydrogen) atoms. The lowest BCUT2D eigenvalue weighted by Gasteiger charge is -2.36. The molecule has 3 amide bonds. The second-order valence-corrected chi connectivity index (χ2v) is 12.2. The smallest absolute Gasteiger partial charge is 0.319 e. The molecule has 0 bridgehead atoms. The van der Waals surface area contributed by atoms with Gasteiger partial charge in [-0.15, -0.1) is 11.3 Å². The zero-order valence-electron chi connectivity index (χ0n) is 24.7. The van der Waals surface area contributed by atoms with Crippen LogP contribution in [0.15, 0.2) is 54.9 Å². The van der Waals surface area contributed by atoms with E-state index in [0.717, 1.165) is 41.8 Å². The number of fused-ring (bicyclic) bond motifs is 1. The van der Waals surface area contributed by atoms with Crippen molar-refractivity contribution in [3.05, 3.63) is 66.2 Å². The molecule has 2 fully saturated rings. The highest BCUT2D eigenvalue weighted by molar-refractivity contribution is 7.22. The van der Waals surface area contributed by atoms with Crippen molar-refractivity contribution in [2.24, 2.45) is 0 Å². The largest absolute Gasteiger partial charge is 0.453 e. The molecule has 2 aliphatic rings. The summed E-state index contributed by atoms with van der Waals surface area (Å²) in [5.41, 5.74) is 2.30. The number of urea groups is 1. The number of ether oxygens (including phenoxy) is 2. The van der Waals surface area contributed by atoms with Crippen LogP contribution in [0, 0.1) is 5.82 Å². The van der Waals surface area contributed by atoms with Crippen LogP contribution in [0.25, 0.3) is 20.8 Å². The lowest BCUT2D eigenvalue weighted by molar-refractivity contribution is 0.0613. The van der Waals surface area contributed by atoms with E-state index in [-0.39, 0.29) is 23.7 Å². The van der Waals surface area contributed by atoms with E-state index in [4.69, 9.17) is 9.47 Å². The first-order chi connectivity index (χ1) is 21.4. The average molecular weight is 619 g/mol. The number of piperidine rings is 1. The van der Waals surface area contributed by atoms with Crippen molar-refractivity contribution < 1.29 is 23.5 Å². The third kappa shape index (κ3) is 6.98. The molecule has 3 aromatic heterocycles. The normalized spacial score (nSPS) is 15.5. The van der Waals surface area contributed by atoms with E-state index in [0.29, 0.717) is 53.9 Å². The number of halogens is 1. The van der Waals surface area contributed by atoms with Crippen LogP contribution >= 0.6 is 11.3 Å². The number of hydrogen-bond donors (Lipinski definition) is 2. The maximum Gasteiger partial charge on any atom is 0.319 e. The Labute approximate surface area is 259 Å². The van der Waals surface area contributed by atoms with E-state index in [1.807, 2.05) is 23.1 Å². The Hall–Kier alpha value is -4.13. The Morgan fingerprint density at radius 2 is 1.89 bits per heavy atom. The molecule has 1 aliphatic heterocycles. The summed E-state index contributed by atoms with van der Waals surface area (Å²) >= 11 is 1.43. The predicted molar refractivity (Wildman–Crippen MR) is 168 cm³/mol. The number of aromatic nitrogens is 2. The summed E-state index contributed by atoms with van der Waals surface area (Å²) in [5.74, 6) is -0.115. The number of likely N-dealkylation sites (tertiary alicyclic amines) is 1. The van der Waals surface area contributed by atoms with E-state index in [9.17, 15) is 14.0 Å². The fourth-order valence-corrected chi connectivity index (χ4v) is 6.30. The third-order valence-electron chi connectivity index (χ3n) is 7.98. The molecule has 1 saturated carbocycles. The highest BCUT2D eigenvalue weighted by atomic mass is 32.1. The number of benzene rings is 1. The van der Waals surface area contributed by atoms with Crippen molar-refractivity contribution in [1.29, 1.82) is 0 Å². The number of hydrogen-bond acceptors (Lipinski definition) is 8. The highest BCUT2D eigenvalue weighted by Crippen LogP contribution is 2.39. The van der Waals surface area contributed by atoms with Gasteiger partial charge in [0.2, 0.25) is 0 Å². The number of methoxy groups -OCH3 is 1. The molecule has 4 aromatic rings. The van der Waals surface area contributed by atoms with Gasteiger partial charge in [0.25, 0.3) is 5.91 Å². The molecule has 230 valence electrons. The Bertz CT molecular complexity index is 1640. The zero-order chi connectivity index (χ0) is 30.6. The summed E-state index contributed by atoms with van der Waals surface area (Å²) < 4.78 is 26.8. The number of anilines is 1. The number of rotatable bonds is 10. The quantitative estimate of drug-likeness (QED) is 0.233. The lowest BCUT2D eigenvalue weighted by atomic mass is 10.0. The first kappa shape index (κ1) is 29.9.